The van der Waals surface area contributed by atoms with Gasteiger partial charge in [-0.05, 0) is 32.1 Å². The number of nitrogens with zero attached hydrogens (tertiary/aromatic N) is 2. The lowest BCUT2D eigenvalue weighted by Crippen LogP contribution is -1.94. The molecule has 0 amide bonds. The van der Waals surface area contributed by atoms with E-state index in [0.29, 0.717) is 0 Å². The number of aryl methyl sites for hydroxylation is 1. The van der Waals surface area contributed by atoms with Crippen LogP contribution in [0.15, 0.2) is 0 Å². The number of rotatable bonds is 2. The maximum absolute atomic E-state index is 5.90. The molecule has 12 heavy (non-hydrogen) atoms. The highest BCUT2D eigenvalue weighted by atomic mass is 15.3. The molecule has 0 radical (unpaired) electrons. The molecule has 1 aliphatic carbocycles. The molecule has 0 saturated heterocycles. The fourth-order valence-corrected chi connectivity index (χ4v) is 1.44. The molecule has 1 heterocycles. The molecule has 2 rings (SSSR count). The van der Waals surface area contributed by atoms with E-state index in [-0.39, 0.29) is 0 Å². The zero-order valence-electron chi connectivity index (χ0n) is 7.67. The van der Waals surface area contributed by atoms with Gasteiger partial charge in [-0.1, -0.05) is 0 Å². The molecule has 66 valence electrons. The summed E-state index contributed by atoms with van der Waals surface area (Å²) in [6.45, 7) is 2.01. The third-order valence-electron chi connectivity index (χ3n) is 2.64. The quantitative estimate of drug-likeness (QED) is 0.717. The summed E-state index contributed by atoms with van der Waals surface area (Å²) in [4.78, 5) is 0. The molecule has 3 nitrogen and oxygen atoms in total. The average molecular weight is 165 g/mol. The molecule has 0 unspecified atom stereocenters. The van der Waals surface area contributed by atoms with Crippen molar-refractivity contribution in [3.05, 3.63) is 11.4 Å². The van der Waals surface area contributed by atoms with E-state index in [1.54, 1.807) is 0 Å². The molecule has 0 bridgehead atoms. The second kappa shape index (κ2) is 2.51. The van der Waals surface area contributed by atoms with Gasteiger partial charge >= 0.3 is 0 Å². The third-order valence-corrected chi connectivity index (χ3v) is 2.64. The van der Waals surface area contributed by atoms with E-state index >= 15 is 0 Å². The first-order valence-electron chi connectivity index (χ1n) is 4.46. The summed E-state index contributed by atoms with van der Waals surface area (Å²) in [5.41, 5.74) is 8.97. The van der Waals surface area contributed by atoms with Crippen LogP contribution in [0.5, 0.6) is 0 Å². The highest BCUT2D eigenvalue weighted by Crippen LogP contribution is 2.33. The molecule has 0 aromatic carbocycles. The van der Waals surface area contributed by atoms with Gasteiger partial charge in [0.25, 0.3) is 0 Å². The Hall–Kier alpha value is -0.990. The minimum atomic E-state index is 0.863. The smallest absolute Gasteiger partial charge is 0.0859 e. The second-order valence-electron chi connectivity index (χ2n) is 3.72. The van der Waals surface area contributed by atoms with E-state index in [1.165, 1.54) is 12.8 Å². The summed E-state index contributed by atoms with van der Waals surface area (Å²) < 4.78 is 1.87. The second-order valence-corrected chi connectivity index (χ2v) is 3.72. The lowest BCUT2D eigenvalue weighted by molar-refractivity contribution is 0.702. The van der Waals surface area contributed by atoms with Gasteiger partial charge in [-0.2, -0.15) is 5.10 Å². The molecule has 1 saturated carbocycles. The van der Waals surface area contributed by atoms with Crippen LogP contribution in [0.1, 0.15) is 24.2 Å². The van der Waals surface area contributed by atoms with Gasteiger partial charge in [0.2, 0.25) is 0 Å². The Bertz CT molecular complexity index is 297. The predicted molar refractivity (Wildman–Crippen MR) is 48.8 cm³/mol. The summed E-state index contributed by atoms with van der Waals surface area (Å²) in [5.74, 6) is 0.863. The average Bonchev–Trinajstić information content (AvgIpc) is 2.80. The summed E-state index contributed by atoms with van der Waals surface area (Å²) in [5, 5.41) is 4.38. The van der Waals surface area contributed by atoms with Crippen molar-refractivity contribution < 1.29 is 0 Å². The van der Waals surface area contributed by atoms with Crippen molar-refractivity contribution in [3.8, 4) is 0 Å². The van der Waals surface area contributed by atoms with Crippen molar-refractivity contribution in [2.75, 3.05) is 5.73 Å². The Labute approximate surface area is 72.6 Å². The standard InChI is InChI=1S/C9H15N3/c1-6-9(10)8(11-12(6)2)5-7-3-4-7/h7H,3-5,10H2,1-2H3. The van der Waals surface area contributed by atoms with Crippen LogP contribution < -0.4 is 5.73 Å². The van der Waals surface area contributed by atoms with Crippen LogP contribution in [0.3, 0.4) is 0 Å². The number of nitrogens with two attached hydrogens (primary N) is 1. The minimum absolute atomic E-state index is 0.863. The van der Waals surface area contributed by atoms with E-state index in [4.69, 9.17) is 5.73 Å². The maximum Gasteiger partial charge on any atom is 0.0859 e. The van der Waals surface area contributed by atoms with E-state index < -0.39 is 0 Å². The van der Waals surface area contributed by atoms with Crippen molar-refractivity contribution >= 4 is 5.69 Å². The topological polar surface area (TPSA) is 43.8 Å². The van der Waals surface area contributed by atoms with Crippen molar-refractivity contribution in [2.24, 2.45) is 13.0 Å². The van der Waals surface area contributed by atoms with Crippen LogP contribution in [-0.4, -0.2) is 9.78 Å². The third kappa shape index (κ3) is 1.19. The highest BCUT2D eigenvalue weighted by Gasteiger charge is 2.24. The summed E-state index contributed by atoms with van der Waals surface area (Å²) in [6, 6.07) is 0. The molecule has 0 aliphatic heterocycles. The maximum atomic E-state index is 5.90. The molecule has 1 fully saturated rings. The lowest BCUT2D eigenvalue weighted by Gasteiger charge is -1.94. The van der Waals surface area contributed by atoms with Crippen LogP contribution in [0, 0.1) is 12.8 Å². The Balaban J connectivity index is 2.23. The Morgan fingerprint density at radius 1 is 1.58 bits per heavy atom. The van der Waals surface area contributed by atoms with Gasteiger partial charge in [0.1, 0.15) is 0 Å². The molecule has 3 heteroatoms. The number of hydrogen-bond acceptors (Lipinski definition) is 2. The van der Waals surface area contributed by atoms with Crippen LogP contribution in [-0.2, 0) is 13.5 Å². The largest absolute Gasteiger partial charge is 0.396 e. The van der Waals surface area contributed by atoms with Gasteiger partial charge in [-0.25, -0.2) is 0 Å². The van der Waals surface area contributed by atoms with Crippen molar-refractivity contribution in [1.29, 1.82) is 0 Å². The fourth-order valence-electron chi connectivity index (χ4n) is 1.44. The molecule has 1 aliphatic rings. The van der Waals surface area contributed by atoms with Gasteiger partial charge in [0, 0.05) is 7.05 Å². The number of nitrogen functional groups attached to an aromatic ring is 1. The first-order valence-corrected chi connectivity index (χ1v) is 4.46. The predicted octanol–water partition coefficient (Wildman–Crippen LogP) is 1.26. The molecular formula is C9H15N3. The molecule has 1 aromatic rings. The zero-order chi connectivity index (χ0) is 8.72. The number of anilines is 1. The highest BCUT2D eigenvalue weighted by molar-refractivity contribution is 5.47. The van der Waals surface area contributed by atoms with E-state index in [9.17, 15) is 0 Å². The van der Waals surface area contributed by atoms with Crippen LogP contribution in [0.25, 0.3) is 0 Å². The van der Waals surface area contributed by atoms with Crippen molar-refractivity contribution in [1.82, 2.24) is 9.78 Å². The first-order chi connectivity index (χ1) is 5.68. The van der Waals surface area contributed by atoms with Gasteiger partial charge in [-0.3, -0.25) is 4.68 Å². The molecule has 2 N–H and O–H groups in total. The Morgan fingerprint density at radius 2 is 2.25 bits per heavy atom. The number of aromatic nitrogens is 2. The van der Waals surface area contributed by atoms with Gasteiger partial charge in [-0.15, -0.1) is 0 Å². The fraction of sp³-hybridized carbons (Fsp3) is 0.667. The van der Waals surface area contributed by atoms with Crippen molar-refractivity contribution in [3.63, 3.8) is 0 Å². The molecule has 0 atom stereocenters. The van der Waals surface area contributed by atoms with Gasteiger partial charge < -0.3 is 5.73 Å². The zero-order valence-corrected chi connectivity index (χ0v) is 7.67. The normalized spacial score (nSPS) is 16.8. The first kappa shape index (κ1) is 7.65. The Kier molecular flexibility index (Phi) is 1.60. The van der Waals surface area contributed by atoms with Gasteiger partial charge in [0.15, 0.2) is 0 Å². The van der Waals surface area contributed by atoms with Crippen LogP contribution in [0.4, 0.5) is 5.69 Å². The van der Waals surface area contributed by atoms with Gasteiger partial charge in [0.05, 0.1) is 17.1 Å². The Morgan fingerprint density at radius 3 is 2.67 bits per heavy atom. The summed E-state index contributed by atoms with van der Waals surface area (Å²) >= 11 is 0. The lowest BCUT2D eigenvalue weighted by atomic mass is 10.2. The summed E-state index contributed by atoms with van der Waals surface area (Å²) in [7, 11) is 1.95. The molecule has 1 aromatic heterocycles. The summed E-state index contributed by atoms with van der Waals surface area (Å²) in [6.07, 6.45) is 3.79. The number of hydrogen-bond donors (Lipinski definition) is 1. The van der Waals surface area contributed by atoms with Crippen LogP contribution in [0.2, 0.25) is 0 Å². The van der Waals surface area contributed by atoms with E-state index in [0.717, 1.165) is 29.4 Å². The SMILES string of the molecule is Cc1c(N)c(CC2CC2)nn1C. The monoisotopic (exact) mass is 165 g/mol. The van der Waals surface area contributed by atoms with Crippen molar-refractivity contribution in [2.45, 2.75) is 26.2 Å². The molecule has 0 spiro atoms. The van der Waals surface area contributed by atoms with E-state index in [1.807, 2.05) is 18.7 Å². The molecular weight excluding hydrogens is 150 g/mol. The minimum Gasteiger partial charge on any atom is -0.396 e. The van der Waals surface area contributed by atoms with E-state index in [2.05, 4.69) is 5.10 Å². The van der Waals surface area contributed by atoms with Crippen LogP contribution >= 0.6 is 0 Å².